The molecule has 2 aromatic carbocycles. The van der Waals surface area contributed by atoms with Crippen molar-refractivity contribution in [3.05, 3.63) is 59.7 Å². The van der Waals surface area contributed by atoms with Gasteiger partial charge in [0.2, 0.25) is 0 Å². The van der Waals surface area contributed by atoms with Gasteiger partial charge in [0.25, 0.3) is 5.91 Å². The van der Waals surface area contributed by atoms with E-state index in [2.05, 4.69) is 5.32 Å². The number of carbonyl (C=O) groups is 2. The third kappa shape index (κ3) is 3.07. The molecule has 0 atom stereocenters. The lowest BCUT2D eigenvalue weighted by molar-refractivity contribution is 0.0955. The van der Waals surface area contributed by atoms with Crippen molar-refractivity contribution in [2.75, 3.05) is 6.54 Å². The zero-order valence-electron chi connectivity index (χ0n) is 10.7. The Morgan fingerprint density at radius 1 is 1.11 bits per heavy atom. The standard InChI is InChI=1S/C16H15NO2/c1-2-17-16(19)15-5-3-4-14(10-15)13-8-6-12(11-18)7-9-13/h3-11H,2H2,1H3,(H,17,19). The van der Waals surface area contributed by atoms with Crippen LogP contribution in [0.2, 0.25) is 0 Å². The van der Waals surface area contributed by atoms with E-state index in [9.17, 15) is 9.59 Å². The van der Waals surface area contributed by atoms with Crippen molar-refractivity contribution in [1.29, 1.82) is 0 Å². The number of aldehydes is 1. The fraction of sp³-hybridized carbons (Fsp3) is 0.125. The summed E-state index contributed by atoms with van der Waals surface area (Å²) >= 11 is 0. The minimum Gasteiger partial charge on any atom is -0.352 e. The maximum absolute atomic E-state index is 11.8. The third-order valence-corrected chi connectivity index (χ3v) is 2.84. The summed E-state index contributed by atoms with van der Waals surface area (Å²) in [5.41, 5.74) is 3.22. The van der Waals surface area contributed by atoms with Gasteiger partial charge in [-0.1, -0.05) is 36.4 Å². The van der Waals surface area contributed by atoms with E-state index in [1.54, 1.807) is 18.2 Å². The van der Waals surface area contributed by atoms with E-state index in [1.807, 2.05) is 37.3 Å². The van der Waals surface area contributed by atoms with Gasteiger partial charge in [-0.15, -0.1) is 0 Å². The predicted octanol–water partition coefficient (Wildman–Crippen LogP) is 2.92. The molecule has 0 aromatic heterocycles. The second-order valence-electron chi connectivity index (χ2n) is 4.18. The van der Waals surface area contributed by atoms with Crippen molar-refractivity contribution in [2.45, 2.75) is 6.92 Å². The zero-order chi connectivity index (χ0) is 13.7. The zero-order valence-corrected chi connectivity index (χ0v) is 10.7. The third-order valence-electron chi connectivity index (χ3n) is 2.84. The highest BCUT2D eigenvalue weighted by Crippen LogP contribution is 2.20. The Morgan fingerprint density at radius 2 is 1.84 bits per heavy atom. The van der Waals surface area contributed by atoms with Crippen LogP contribution in [0.25, 0.3) is 11.1 Å². The molecule has 0 unspecified atom stereocenters. The summed E-state index contributed by atoms with van der Waals surface area (Å²) in [4.78, 5) is 22.4. The summed E-state index contributed by atoms with van der Waals surface area (Å²) in [7, 11) is 0. The van der Waals surface area contributed by atoms with Crippen LogP contribution >= 0.6 is 0 Å². The van der Waals surface area contributed by atoms with E-state index in [4.69, 9.17) is 0 Å². The number of benzene rings is 2. The molecule has 0 aliphatic heterocycles. The van der Waals surface area contributed by atoms with Crippen LogP contribution in [0.5, 0.6) is 0 Å². The number of hydrogen-bond acceptors (Lipinski definition) is 2. The molecule has 0 radical (unpaired) electrons. The van der Waals surface area contributed by atoms with Crippen molar-refractivity contribution in [3.8, 4) is 11.1 Å². The summed E-state index contributed by atoms with van der Waals surface area (Å²) < 4.78 is 0. The lowest BCUT2D eigenvalue weighted by atomic mass is 10.0. The SMILES string of the molecule is CCNC(=O)c1cccc(-c2ccc(C=O)cc2)c1. The first-order chi connectivity index (χ1) is 9.24. The minimum atomic E-state index is -0.0751. The maximum Gasteiger partial charge on any atom is 0.251 e. The molecule has 1 amide bonds. The highest BCUT2D eigenvalue weighted by molar-refractivity contribution is 5.95. The molecular weight excluding hydrogens is 238 g/mol. The van der Waals surface area contributed by atoms with Gasteiger partial charge in [-0.3, -0.25) is 9.59 Å². The van der Waals surface area contributed by atoms with Gasteiger partial charge >= 0.3 is 0 Å². The molecule has 0 saturated heterocycles. The highest BCUT2D eigenvalue weighted by Gasteiger charge is 2.05. The first-order valence-corrected chi connectivity index (χ1v) is 6.18. The monoisotopic (exact) mass is 253 g/mol. The van der Waals surface area contributed by atoms with Gasteiger partial charge < -0.3 is 5.32 Å². The van der Waals surface area contributed by atoms with E-state index < -0.39 is 0 Å². The van der Waals surface area contributed by atoms with Crippen molar-refractivity contribution in [2.24, 2.45) is 0 Å². The Labute approximate surface area is 112 Å². The van der Waals surface area contributed by atoms with E-state index in [0.717, 1.165) is 17.4 Å². The first-order valence-electron chi connectivity index (χ1n) is 6.18. The van der Waals surface area contributed by atoms with Crippen LogP contribution in [0.15, 0.2) is 48.5 Å². The minimum absolute atomic E-state index is 0.0751. The van der Waals surface area contributed by atoms with Crippen LogP contribution in [0.4, 0.5) is 0 Å². The van der Waals surface area contributed by atoms with Crippen molar-refractivity contribution in [3.63, 3.8) is 0 Å². The molecular formula is C16H15NO2. The lowest BCUT2D eigenvalue weighted by Gasteiger charge is -2.06. The second kappa shape index (κ2) is 5.96. The normalized spacial score (nSPS) is 9.95. The summed E-state index contributed by atoms with van der Waals surface area (Å²) in [6, 6.07) is 14.7. The van der Waals surface area contributed by atoms with Crippen molar-refractivity contribution in [1.82, 2.24) is 5.32 Å². The molecule has 96 valence electrons. The van der Waals surface area contributed by atoms with Crippen molar-refractivity contribution < 1.29 is 9.59 Å². The molecule has 0 saturated carbocycles. The lowest BCUT2D eigenvalue weighted by Crippen LogP contribution is -2.22. The summed E-state index contributed by atoms with van der Waals surface area (Å²) in [6.45, 7) is 2.50. The topological polar surface area (TPSA) is 46.2 Å². The average Bonchev–Trinajstić information content (AvgIpc) is 2.48. The van der Waals surface area contributed by atoms with Gasteiger partial charge in [0, 0.05) is 17.7 Å². The van der Waals surface area contributed by atoms with Crippen molar-refractivity contribution >= 4 is 12.2 Å². The fourth-order valence-corrected chi connectivity index (χ4v) is 1.86. The molecule has 19 heavy (non-hydrogen) atoms. The highest BCUT2D eigenvalue weighted by atomic mass is 16.1. The Bertz CT molecular complexity index is 588. The van der Waals surface area contributed by atoms with Gasteiger partial charge in [-0.25, -0.2) is 0 Å². The van der Waals surface area contributed by atoms with Gasteiger partial charge in [0.05, 0.1) is 0 Å². The molecule has 0 aliphatic rings. The molecule has 2 aromatic rings. The summed E-state index contributed by atoms with van der Waals surface area (Å²) in [6.07, 6.45) is 0.814. The van der Waals surface area contributed by atoms with Gasteiger partial charge in [0.1, 0.15) is 6.29 Å². The van der Waals surface area contributed by atoms with Gasteiger partial charge in [-0.05, 0) is 30.2 Å². The molecule has 0 aliphatic carbocycles. The Morgan fingerprint density at radius 3 is 2.47 bits per heavy atom. The van der Waals surface area contributed by atoms with Crippen LogP contribution < -0.4 is 5.32 Å². The fourth-order valence-electron chi connectivity index (χ4n) is 1.86. The van der Waals surface area contributed by atoms with Crippen LogP contribution in [0, 0.1) is 0 Å². The number of rotatable bonds is 4. The van der Waals surface area contributed by atoms with Gasteiger partial charge in [0.15, 0.2) is 0 Å². The average molecular weight is 253 g/mol. The molecule has 3 heteroatoms. The maximum atomic E-state index is 11.8. The smallest absolute Gasteiger partial charge is 0.251 e. The van der Waals surface area contributed by atoms with E-state index in [0.29, 0.717) is 17.7 Å². The largest absolute Gasteiger partial charge is 0.352 e. The molecule has 2 rings (SSSR count). The molecule has 0 spiro atoms. The number of hydrogen-bond donors (Lipinski definition) is 1. The molecule has 0 heterocycles. The number of amides is 1. The predicted molar refractivity (Wildman–Crippen MR) is 75.3 cm³/mol. The Balaban J connectivity index is 2.31. The molecule has 1 N–H and O–H groups in total. The van der Waals surface area contributed by atoms with E-state index >= 15 is 0 Å². The molecule has 0 fully saturated rings. The van der Waals surface area contributed by atoms with Crippen LogP contribution in [-0.2, 0) is 0 Å². The van der Waals surface area contributed by atoms with Crippen LogP contribution in [0.1, 0.15) is 27.6 Å². The quantitative estimate of drug-likeness (QED) is 0.851. The second-order valence-corrected chi connectivity index (χ2v) is 4.18. The molecule has 0 bridgehead atoms. The number of nitrogens with one attached hydrogen (secondary N) is 1. The Hall–Kier alpha value is -2.42. The summed E-state index contributed by atoms with van der Waals surface area (Å²) in [5, 5.41) is 2.77. The van der Waals surface area contributed by atoms with Crippen LogP contribution in [-0.4, -0.2) is 18.7 Å². The molecule has 3 nitrogen and oxygen atoms in total. The summed E-state index contributed by atoms with van der Waals surface area (Å²) in [5.74, 6) is -0.0751. The van der Waals surface area contributed by atoms with Crippen LogP contribution in [0.3, 0.4) is 0 Å². The Kier molecular flexibility index (Phi) is 4.08. The van der Waals surface area contributed by atoms with E-state index in [-0.39, 0.29) is 5.91 Å². The first kappa shape index (κ1) is 13.0. The number of carbonyl (C=O) groups excluding carboxylic acids is 2. The van der Waals surface area contributed by atoms with Gasteiger partial charge in [-0.2, -0.15) is 0 Å². The van der Waals surface area contributed by atoms with E-state index in [1.165, 1.54) is 0 Å².